The van der Waals surface area contributed by atoms with E-state index in [0.717, 1.165) is 27.0 Å². The van der Waals surface area contributed by atoms with E-state index >= 15 is 0 Å². The van der Waals surface area contributed by atoms with Gasteiger partial charge in [0.15, 0.2) is 0 Å². The van der Waals surface area contributed by atoms with Crippen molar-refractivity contribution in [2.45, 2.75) is 25.9 Å². The zero-order chi connectivity index (χ0) is 16.0. The van der Waals surface area contributed by atoms with Crippen LogP contribution in [0.25, 0.3) is 6.08 Å². The quantitative estimate of drug-likeness (QED) is 0.658. The Kier molecular flexibility index (Phi) is 6.90. The number of benzene rings is 1. The van der Waals surface area contributed by atoms with Crippen molar-refractivity contribution in [3.63, 3.8) is 0 Å². The largest absolute Gasteiger partial charge is 0.491 e. The van der Waals surface area contributed by atoms with E-state index in [1.807, 2.05) is 13.8 Å². The third-order valence-corrected chi connectivity index (χ3v) is 4.12. The van der Waals surface area contributed by atoms with Crippen LogP contribution in [0.5, 0.6) is 5.75 Å². The van der Waals surface area contributed by atoms with Crippen LogP contribution in [0, 0.1) is 0 Å². The van der Waals surface area contributed by atoms with E-state index in [2.05, 4.69) is 31.9 Å². The van der Waals surface area contributed by atoms with Gasteiger partial charge in [-0.15, -0.1) is 0 Å². The smallest absolute Gasteiger partial charge is 0.328 e. The van der Waals surface area contributed by atoms with Crippen LogP contribution >= 0.6 is 31.9 Å². The molecular weight excluding hydrogens is 404 g/mol. The zero-order valence-electron chi connectivity index (χ0n) is 12.2. The number of carbonyl (C=O) groups is 1. The first-order valence-electron chi connectivity index (χ1n) is 6.33. The predicted octanol–water partition coefficient (Wildman–Crippen LogP) is 4.50. The Balaban J connectivity index is 2.79. The van der Waals surface area contributed by atoms with Gasteiger partial charge in [-0.2, -0.15) is 0 Å². The molecule has 0 aliphatic heterocycles. The topological polar surface area (TPSA) is 55.8 Å². The van der Waals surface area contributed by atoms with Gasteiger partial charge < -0.3 is 14.6 Å². The number of halogens is 2. The van der Waals surface area contributed by atoms with Gasteiger partial charge in [-0.05, 0) is 69.5 Å². The van der Waals surface area contributed by atoms with Crippen molar-refractivity contribution in [1.82, 2.24) is 0 Å². The van der Waals surface area contributed by atoms with Crippen LogP contribution in [-0.2, 0) is 9.53 Å². The van der Waals surface area contributed by atoms with E-state index < -0.39 is 5.97 Å². The molecular formula is C15H18Br2O4. The molecule has 0 saturated carbocycles. The third kappa shape index (κ3) is 6.20. The Bertz CT molecular complexity index is 515. The summed E-state index contributed by atoms with van der Waals surface area (Å²) in [6, 6.07) is 3.61. The summed E-state index contributed by atoms with van der Waals surface area (Å²) in [7, 11) is 1.68. The number of hydrogen-bond donors (Lipinski definition) is 1. The van der Waals surface area contributed by atoms with Crippen molar-refractivity contribution in [2.24, 2.45) is 0 Å². The van der Waals surface area contributed by atoms with Gasteiger partial charge in [0, 0.05) is 19.6 Å². The molecule has 4 nitrogen and oxygen atoms in total. The standard InChI is InChI=1S/C15H18Br2O4/c1-15(2,20-3)6-7-21-14-11(16)8-10(9-12(14)17)4-5-13(18)19/h4-5,8-9H,6-7H2,1-3H3,(H,18,19)/b5-4+. The van der Waals surface area contributed by atoms with Crippen LogP contribution in [0.15, 0.2) is 27.2 Å². The van der Waals surface area contributed by atoms with E-state index in [4.69, 9.17) is 14.6 Å². The van der Waals surface area contributed by atoms with Crippen molar-refractivity contribution >= 4 is 43.9 Å². The Morgan fingerprint density at radius 3 is 2.38 bits per heavy atom. The van der Waals surface area contributed by atoms with Crippen LogP contribution in [0.3, 0.4) is 0 Å². The maximum absolute atomic E-state index is 10.5. The molecule has 0 bridgehead atoms. The summed E-state index contributed by atoms with van der Waals surface area (Å²) >= 11 is 6.87. The first kappa shape index (κ1) is 18.2. The molecule has 0 aliphatic carbocycles. The number of aliphatic carboxylic acids is 1. The maximum Gasteiger partial charge on any atom is 0.328 e. The van der Waals surface area contributed by atoms with Crippen LogP contribution in [0.1, 0.15) is 25.8 Å². The minimum Gasteiger partial charge on any atom is -0.491 e. The number of methoxy groups -OCH3 is 1. The Hall–Kier alpha value is -0.850. The van der Waals surface area contributed by atoms with E-state index in [-0.39, 0.29) is 5.60 Å². The van der Waals surface area contributed by atoms with Gasteiger partial charge >= 0.3 is 5.97 Å². The van der Waals surface area contributed by atoms with Crippen molar-refractivity contribution < 1.29 is 19.4 Å². The summed E-state index contributed by atoms with van der Waals surface area (Å²) in [5.41, 5.74) is 0.532. The molecule has 0 aromatic heterocycles. The highest BCUT2D eigenvalue weighted by Crippen LogP contribution is 2.35. The average Bonchev–Trinajstić information content (AvgIpc) is 2.39. The van der Waals surface area contributed by atoms with E-state index in [1.165, 1.54) is 6.08 Å². The number of rotatable bonds is 7. The number of hydrogen-bond acceptors (Lipinski definition) is 3. The molecule has 1 aromatic rings. The summed E-state index contributed by atoms with van der Waals surface area (Å²) in [4.78, 5) is 10.5. The fourth-order valence-electron chi connectivity index (χ4n) is 1.48. The lowest BCUT2D eigenvalue weighted by Crippen LogP contribution is -2.25. The van der Waals surface area contributed by atoms with Crippen molar-refractivity contribution in [1.29, 1.82) is 0 Å². The molecule has 0 atom stereocenters. The molecule has 0 unspecified atom stereocenters. The summed E-state index contributed by atoms with van der Waals surface area (Å²) in [6.07, 6.45) is 3.37. The minimum atomic E-state index is -0.982. The molecule has 0 spiro atoms. The number of carboxylic acid groups (broad SMARTS) is 1. The molecule has 21 heavy (non-hydrogen) atoms. The molecule has 0 fully saturated rings. The summed E-state index contributed by atoms with van der Waals surface area (Å²) in [5, 5.41) is 8.64. The molecule has 116 valence electrons. The van der Waals surface area contributed by atoms with Gasteiger partial charge in [0.1, 0.15) is 5.75 Å². The lowest BCUT2D eigenvalue weighted by molar-refractivity contribution is -0.131. The van der Waals surface area contributed by atoms with Crippen LogP contribution in [0.4, 0.5) is 0 Å². The van der Waals surface area contributed by atoms with Gasteiger partial charge in [0.2, 0.25) is 0 Å². The summed E-state index contributed by atoms with van der Waals surface area (Å²) in [5.74, 6) is -0.293. The lowest BCUT2D eigenvalue weighted by atomic mass is 10.1. The number of carboxylic acids is 1. The SMILES string of the molecule is COC(C)(C)CCOc1c(Br)cc(/C=C/C(=O)O)cc1Br. The van der Waals surface area contributed by atoms with Crippen molar-refractivity contribution in [3.05, 3.63) is 32.7 Å². The van der Waals surface area contributed by atoms with Gasteiger partial charge in [-0.1, -0.05) is 0 Å². The van der Waals surface area contributed by atoms with Gasteiger partial charge in [0.25, 0.3) is 0 Å². The van der Waals surface area contributed by atoms with Gasteiger partial charge in [-0.25, -0.2) is 4.79 Å². The highest BCUT2D eigenvalue weighted by atomic mass is 79.9. The first-order valence-corrected chi connectivity index (χ1v) is 7.92. The van der Waals surface area contributed by atoms with Crippen LogP contribution in [-0.4, -0.2) is 30.4 Å². The van der Waals surface area contributed by atoms with E-state index in [1.54, 1.807) is 19.2 Å². The molecule has 1 N–H and O–H groups in total. The maximum atomic E-state index is 10.5. The fraction of sp³-hybridized carbons (Fsp3) is 0.400. The van der Waals surface area contributed by atoms with Crippen molar-refractivity contribution in [3.8, 4) is 5.75 Å². The normalized spacial score (nSPS) is 11.9. The molecule has 0 amide bonds. The minimum absolute atomic E-state index is 0.233. The second kappa shape index (κ2) is 7.96. The first-order chi connectivity index (χ1) is 9.75. The second-order valence-electron chi connectivity index (χ2n) is 5.05. The molecule has 0 saturated heterocycles. The van der Waals surface area contributed by atoms with E-state index in [0.29, 0.717) is 12.4 Å². The summed E-state index contributed by atoms with van der Waals surface area (Å²) in [6.45, 7) is 4.52. The average molecular weight is 422 g/mol. The molecule has 1 aromatic carbocycles. The Morgan fingerprint density at radius 1 is 1.33 bits per heavy atom. The fourth-order valence-corrected chi connectivity index (χ4v) is 2.93. The second-order valence-corrected chi connectivity index (χ2v) is 6.76. The van der Waals surface area contributed by atoms with Crippen LogP contribution in [0.2, 0.25) is 0 Å². The molecule has 6 heteroatoms. The predicted molar refractivity (Wildman–Crippen MR) is 89.7 cm³/mol. The van der Waals surface area contributed by atoms with Gasteiger partial charge in [-0.3, -0.25) is 0 Å². The highest BCUT2D eigenvalue weighted by molar-refractivity contribution is 9.11. The third-order valence-electron chi connectivity index (χ3n) is 2.94. The zero-order valence-corrected chi connectivity index (χ0v) is 15.3. The highest BCUT2D eigenvalue weighted by Gasteiger charge is 2.17. The molecule has 0 heterocycles. The summed E-state index contributed by atoms with van der Waals surface area (Å²) < 4.78 is 12.6. The van der Waals surface area contributed by atoms with Crippen LogP contribution < -0.4 is 4.74 Å². The van der Waals surface area contributed by atoms with E-state index in [9.17, 15) is 4.79 Å². The monoisotopic (exact) mass is 420 g/mol. The molecule has 0 aliphatic rings. The Morgan fingerprint density at radius 2 is 1.90 bits per heavy atom. The lowest BCUT2D eigenvalue weighted by Gasteiger charge is -2.23. The van der Waals surface area contributed by atoms with Crippen molar-refractivity contribution in [2.75, 3.05) is 13.7 Å². The number of ether oxygens (including phenoxy) is 2. The van der Waals surface area contributed by atoms with Gasteiger partial charge in [0.05, 0.1) is 21.2 Å². The molecule has 1 rings (SSSR count). The Labute approximate surface area is 141 Å². The molecule has 0 radical (unpaired) electrons.